The van der Waals surface area contributed by atoms with Gasteiger partial charge in [0.05, 0.1) is 14.2 Å². The molecule has 0 atom stereocenters. The van der Waals surface area contributed by atoms with E-state index < -0.39 is 0 Å². The van der Waals surface area contributed by atoms with Gasteiger partial charge < -0.3 is 13.9 Å². The van der Waals surface area contributed by atoms with E-state index in [-0.39, 0.29) is 5.82 Å². The van der Waals surface area contributed by atoms with E-state index in [0.29, 0.717) is 12.0 Å². The lowest BCUT2D eigenvalue weighted by molar-refractivity contribution is 0.393. The summed E-state index contributed by atoms with van der Waals surface area (Å²) in [5.74, 6) is 1.17. The van der Waals surface area contributed by atoms with E-state index in [1.54, 1.807) is 20.3 Å². The van der Waals surface area contributed by atoms with Gasteiger partial charge in [0, 0.05) is 16.8 Å². The van der Waals surface area contributed by atoms with Crippen molar-refractivity contribution in [2.45, 2.75) is 6.42 Å². The van der Waals surface area contributed by atoms with Crippen molar-refractivity contribution >= 4 is 21.9 Å². The van der Waals surface area contributed by atoms with Gasteiger partial charge in [-0.05, 0) is 60.0 Å². The summed E-state index contributed by atoms with van der Waals surface area (Å²) >= 11 is 0. The van der Waals surface area contributed by atoms with Gasteiger partial charge in [-0.15, -0.1) is 0 Å². The van der Waals surface area contributed by atoms with Crippen molar-refractivity contribution in [3.8, 4) is 11.5 Å². The van der Waals surface area contributed by atoms with Crippen LogP contribution in [0, 0.1) is 11.9 Å². The lowest BCUT2D eigenvalue weighted by Gasteiger charge is -2.09. The maximum atomic E-state index is 13.7. The lowest BCUT2D eigenvalue weighted by Crippen LogP contribution is -1.94. The van der Waals surface area contributed by atoms with Crippen LogP contribution in [0.2, 0.25) is 0 Å². The molecule has 0 spiro atoms. The van der Waals surface area contributed by atoms with Gasteiger partial charge in [-0.25, -0.2) is 4.39 Å². The van der Waals surface area contributed by atoms with E-state index >= 15 is 0 Å². The first kappa shape index (κ1) is 15.5. The highest BCUT2D eigenvalue weighted by atomic mass is 19.1. The number of benzene rings is 3. The Balaban J connectivity index is 1.87. The molecule has 4 aromatic rings. The Morgan fingerprint density at radius 1 is 0.960 bits per heavy atom. The standard InChI is InChI=1S/C21H16FO3/c1-23-16-9-13(10-17(12-16)24-2)8-14-4-3-5-20-21(14)18-11-15(22)6-7-19(18)25-20/h3,5-7,9-12H,8H2,1-2H3. The Hall–Kier alpha value is -3.01. The molecule has 1 aromatic heterocycles. The highest BCUT2D eigenvalue weighted by Crippen LogP contribution is 2.33. The summed E-state index contributed by atoms with van der Waals surface area (Å²) in [6, 6.07) is 17.3. The molecular weight excluding hydrogens is 319 g/mol. The molecular formula is C21H16FO3. The summed E-state index contributed by atoms with van der Waals surface area (Å²) in [6.07, 6.45) is 0.607. The number of fused-ring (bicyclic) bond motifs is 3. The van der Waals surface area contributed by atoms with Crippen LogP contribution in [0.3, 0.4) is 0 Å². The highest BCUT2D eigenvalue weighted by molar-refractivity contribution is 6.06. The second kappa shape index (κ2) is 6.13. The lowest BCUT2D eigenvalue weighted by atomic mass is 9.99. The van der Waals surface area contributed by atoms with Gasteiger partial charge in [-0.3, -0.25) is 0 Å². The van der Waals surface area contributed by atoms with Crippen molar-refractivity contribution < 1.29 is 18.3 Å². The van der Waals surface area contributed by atoms with Gasteiger partial charge in [-0.2, -0.15) is 0 Å². The van der Waals surface area contributed by atoms with Crippen molar-refractivity contribution in [3.05, 3.63) is 71.5 Å². The second-order valence-electron chi connectivity index (χ2n) is 5.84. The first-order chi connectivity index (χ1) is 12.2. The van der Waals surface area contributed by atoms with Gasteiger partial charge in [-0.1, -0.05) is 6.07 Å². The molecule has 0 N–H and O–H groups in total. The van der Waals surface area contributed by atoms with Crippen LogP contribution in [-0.2, 0) is 6.42 Å². The van der Waals surface area contributed by atoms with Crippen LogP contribution >= 0.6 is 0 Å². The van der Waals surface area contributed by atoms with Crippen LogP contribution in [0.5, 0.6) is 11.5 Å². The second-order valence-corrected chi connectivity index (χ2v) is 5.84. The number of furan rings is 1. The van der Waals surface area contributed by atoms with Crippen LogP contribution in [0.15, 0.2) is 52.9 Å². The smallest absolute Gasteiger partial charge is 0.135 e. The van der Waals surface area contributed by atoms with Crippen molar-refractivity contribution in [1.82, 2.24) is 0 Å². The van der Waals surface area contributed by atoms with Gasteiger partial charge in [0.15, 0.2) is 0 Å². The molecule has 4 rings (SSSR count). The molecule has 0 bridgehead atoms. The monoisotopic (exact) mass is 335 g/mol. The molecule has 25 heavy (non-hydrogen) atoms. The number of hydrogen-bond donors (Lipinski definition) is 0. The SMILES string of the molecule is COc1cc(Cc2[c]ccc3oc4ccc(F)cc4c23)cc(OC)c1. The zero-order chi connectivity index (χ0) is 17.4. The predicted molar refractivity (Wildman–Crippen MR) is 94.9 cm³/mol. The Morgan fingerprint density at radius 3 is 2.44 bits per heavy atom. The van der Waals surface area contributed by atoms with Gasteiger partial charge in [0.2, 0.25) is 0 Å². The molecule has 3 nitrogen and oxygen atoms in total. The fourth-order valence-electron chi connectivity index (χ4n) is 3.12. The first-order valence-electron chi connectivity index (χ1n) is 7.91. The summed E-state index contributed by atoms with van der Waals surface area (Å²) in [5, 5.41) is 1.65. The minimum absolute atomic E-state index is 0.284. The number of rotatable bonds is 4. The summed E-state index contributed by atoms with van der Waals surface area (Å²) < 4.78 is 30.2. The first-order valence-corrected chi connectivity index (χ1v) is 7.91. The van der Waals surface area contributed by atoms with Crippen molar-refractivity contribution in [3.63, 3.8) is 0 Å². The van der Waals surface area contributed by atoms with Crippen LogP contribution in [-0.4, -0.2) is 14.2 Å². The molecule has 0 amide bonds. The van der Waals surface area contributed by atoms with E-state index in [1.165, 1.54) is 12.1 Å². The predicted octanol–water partition coefficient (Wildman–Crippen LogP) is 5.13. The molecule has 3 aromatic carbocycles. The molecule has 0 fully saturated rings. The van der Waals surface area contributed by atoms with Crippen molar-refractivity contribution in [1.29, 1.82) is 0 Å². The number of methoxy groups -OCH3 is 2. The molecule has 0 aliphatic heterocycles. The quantitative estimate of drug-likeness (QED) is 0.518. The van der Waals surface area contributed by atoms with Gasteiger partial charge in [0.1, 0.15) is 28.5 Å². The molecule has 4 heteroatoms. The Morgan fingerprint density at radius 2 is 1.72 bits per heavy atom. The van der Waals surface area contributed by atoms with E-state index in [1.807, 2.05) is 30.3 Å². The molecule has 125 valence electrons. The topological polar surface area (TPSA) is 31.6 Å². The van der Waals surface area contributed by atoms with E-state index in [9.17, 15) is 4.39 Å². The normalized spacial score (nSPS) is 11.2. The Kier molecular flexibility index (Phi) is 3.80. The molecule has 1 radical (unpaired) electrons. The number of ether oxygens (including phenoxy) is 2. The van der Waals surface area contributed by atoms with Gasteiger partial charge >= 0.3 is 0 Å². The fourth-order valence-corrected chi connectivity index (χ4v) is 3.12. The van der Waals surface area contributed by atoms with Crippen LogP contribution in [0.1, 0.15) is 11.1 Å². The number of halogens is 1. The molecule has 0 saturated heterocycles. The minimum atomic E-state index is -0.284. The van der Waals surface area contributed by atoms with Gasteiger partial charge in [0.25, 0.3) is 0 Å². The molecule has 1 heterocycles. The van der Waals surface area contributed by atoms with Crippen molar-refractivity contribution in [2.24, 2.45) is 0 Å². The van der Waals surface area contributed by atoms with E-state index in [4.69, 9.17) is 13.9 Å². The number of hydrogen-bond acceptors (Lipinski definition) is 3. The highest BCUT2D eigenvalue weighted by Gasteiger charge is 2.13. The third-order valence-corrected chi connectivity index (χ3v) is 4.26. The fraction of sp³-hybridized carbons (Fsp3) is 0.143. The molecule has 0 saturated carbocycles. The minimum Gasteiger partial charge on any atom is -0.497 e. The third-order valence-electron chi connectivity index (χ3n) is 4.26. The molecule has 0 aliphatic carbocycles. The molecule has 0 aliphatic rings. The van der Waals surface area contributed by atoms with E-state index in [2.05, 4.69) is 6.07 Å². The van der Waals surface area contributed by atoms with Crippen molar-refractivity contribution in [2.75, 3.05) is 14.2 Å². The zero-order valence-corrected chi connectivity index (χ0v) is 13.9. The van der Waals surface area contributed by atoms with Crippen LogP contribution in [0.4, 0.5) is 4.39 Å². The summed E-state index contributed by atoms with van der Waals surface area (Å²) in [6.45, 7) is 0. The zero-order valence-electron chi connectivity index (χ0n) is 13.9. The average molecular weight is 335 g/mol. The summed E-state index contributed by atoms with van der Waals surface area (Å²) in [5.41, 5.74) is 3.35. The largest absolute Gasteiger partial charge is 0.497 e. The average Bonchev–Trinajstić information content (AvgIpc) is 3.00. The third kappa shape index (κ3) is 2.80. The summed E-state index contributed by atoms with van der Waals surface area (Å²) in [4.78, 5) is 0. The maximum Gasteiger partial charge on any atom is 0.135 e. The summed E-state index contributed by atoms with van der Waals surface area (Å²) in [7, 11) is 3.25. The Labute approximate surface area is 144 Å². The molecule has 0 unspecified atom stereocenters. The van der Waals surface area contributed by atoms with Crippen LogP contribution < -0.4 is 9.47 Å². The maximum absolute atomic E-state index is 13.7. The Bertz CT molecular complexity index is 1040. The van der Waals surface area contributed by atoms with Crippen LogP contribution in [0.25, 0.3) is 21.9 Å². The van der Waals surface area contributed by atoms with E-state index in [0.717, 1.165) is 39.0 Å².